The summed E-state index contributed by atoms with van der Waals surface area (Å²) < 4.78 is 4.88. The number of carboxylic acid groups (broad SMARTS) is 1. The predicted molar refractivity (Wildman–Crippen MR) is 46.7 cm³/mol. The molecule has 1 atom stereocenters. The Morgan fingerprint density at radius 1 is 1.43 bits per heavy atom. The van der Waals surface area contributed by atoms with Gasteiger partial charge in [0.25, 0.3) is 0 Å². The Hall–Kier alpha value is -0.550. The second-order valence-electron chi connectivity index (χ2n) is 2.51. The molecule has 4 nitrogen and oxygen atoms in total. The number of aliphatic hydroxyl groups excluding tert-OH is 1. The summed E-state index contributed by atoms with van der Waals surface area (Å²) in [5, 5.41) is 17.6. The van der Waals surface area contributed by atoms with E-state index < -0.39 is 12.1 Å². The fourth-order valence-electron chi connectivity index (χ4n) is 0.929. The molecule has 1 aromatic rings. The van der Waals surface area contributed by atoms with Crippen molar-refractivity contribution in [3.8, 4) is 5.75 Å². The van der Waals surface area contributed by atoms with E-state index in [1.807, 2.05) is 0 Å². The van der Waals surface area contributed by atoms with E-state index in [4.69, 9.17) is 14.9 Å². The molecule has 5 heteroatoms. The van der Waals surface area contributed by atoms with Crippen LogP contribution in [-0.4, -0.2) is 23.3 Å². The summed E-state index contributed by atoms with van der Waals surface area (Å²) in [6.45, 7) is 0. The number of benzene rings is 1. The molecule has 0 aliphatic carbocycles. The van der Waals surface area contributed by atoms with E-state index in [0.29, 0.717) is 11.3 Å². The fraction of sp³-hybridized carbons (Fsp3) is 0.222. The van der Waals surface area contributed by atoms with Crippen LogP contribution in [0.15, 0.2) is 24.3 Å². The summed E-state index contributed by atoms with van der Waals surface area (Å²) in [7, 11) is 1.52. The molecule has 0 bridgehead atoms. The first kappa shape index (κ1) is 13.4. The molecule has 0 radical (unpaired) electrons. The van der Waals surface area contributed by atoms with Crippen LogP contribution < -0.4 is 34.3 Å². The van der Waals surface area contributed by atoms with Gasteiger partial charge in [0.2, 0.25) is 0 Å². The smallest absolute Gasteiger partial charge is 1.00 e. The predicted octanol–water partition coefficient (Wildman–Crippen LogP) is -2.07. The molecule has 1 aromatic carbocycles. The van der Waals surface area contributed by atoms with Crippen molar-refractivity contribution >= 4 is 5.97 Å². The second-order valence-corrected chi connectivity index (χ2v) is 2.51. The summed E-state index contributed by atoms with van der Waals surface area (Å²) in [6.07, 6.45) is -1.47. The minimum Gasteiger partial charge on any atom is -1.00 e. The maximum atomic E-state index is 10.4. The zero-order chi connectivity index (χ0) is 9.84. The molecule has 2 N–H and O–H groups in total. The van der Waals surface area contributed by atoms with Crippen LogP contribution >= 0.6 is 0 Å². The molecule has 14 heavy (non-hydrogen) atoms. The maximum absolute atomic E-state index is 10.4. The van der Waals surface area contributed by atoms with Crippen LogP contribution in [0.1, 0.15) is 13.1 Å². The van der Waals surface area contributed by atoms with Crippen molar-refractivity contribution in [1.29, 1.82) is 0 Å². The van der Waals surface area contributed by atoms with Crippen molar-refractivity contribution in [3.63, 3.8) is 0 Å². The Morgan fingerprint density at radius 2 is 1.93 bits per heavy atom. The Morgan fingerprint density at radius 3 is 2.29 bits per heavy atom. The number of aliphatic carboxylic acids is 1. The Bertz CT molecular complexity index is 301. The van der Waals surface area contributed by atoms with Gasteiger partial charge in [-0.25, -0.2) is 4.79 Å². The molecule has 0 fully saturated rings. The molecular weight excluding hydrogens is 195 g/mol. The molecule has 1 rings (SSSR count). The number of methoxy groups -OCH3 is 1. The first-order valence-corrected chi connectivity index (χ1v) is 3.70. The Kier molecular flexibility index (Phi) is 5.79. The average molecular weight is 206 g/mol. The van der Waals surface area contributed by atoms with Crippen LogP contribution in [0.4, 0.5) is 0 Å². The maximum Gasteiger partial charge on any atom is 1.00 e. The zero-order valence-corrected chi connectivity index (χ0v) is 10.1. The second kappa shape index (κ2) is 6.03. The number of carboxylic acids is 1. The van der Waals surface area contributed by atoms with E-state index in [-0.39, 0.29) is 31.0 Å². The molecule has 0 amide bonds. The standard InChI is InChI=1S/C9H10O4.Na.H/c1-13-7-4-2-6(3-5-7)8(10)9(11)12;;/h2-5,8,10H,1H3,(H,11,12);;/q;+1;-1/t8-;;/m1../s1. The molecular formula is C9H11NaO4. The molecule has 0 heterocycles. The molecule has 0 spiro atoms. The SMILES string of the molecule is COc1ccc([C@@H](O)C(=O)O)cc1.[H-].[Na+]. The third-order valence-electron chi connectivity index (χ3n) is 1.67. The number of aliphatic hydroxyl groups is 1. The number of hydrogen-bond donors (Lipinski definition) is 2. The number of carbonyl (C=O) groups is 1. The molecule has 0 aliphatic heterocycles. The van der Waals surface area contributed by atoms with E-state index in [1.165, 1.54) is 19.2 Å². The third kappa shape index (κ3) is 3.31. The van der Waals surface area contributed by atoms with Crippen LogP contribution in [0.3, 0.4) is 0 Å². The van der Waals surface area contributed by atoms with Gasteiger partial charge in [0.15, 0.2) is 6.10 Å². The number of rotatable bonds is 3. The molecule has 0 saturated carbocycles. The van der Waals surface area contributed by atoms with Gasteiger partial charge < -0.3 is 16.4 Å². The Balaban J connectivity index is 0. The largest absolute Gasteiger partial charge is 1.00 e. The topological polar surface area (TPSA) is 66.8 Å². The van der Waals surface area contributed by atoms with Crippen LogP contribution in [0.5, 0.6) is 5.75 Å². The monoisotopic (exact) mass is 206 g/mol. The van der Waals surface area contributed by atoms with Crippen molar-refractivity contribution in [1.82, 2.24) is 0 Å². The summed E-state index contributed by atoms with van der Waals surface area (Å²) in [4.78, 5) is 10.4. The van der Waals surface area contributed by atoms with Gasteiger partial charge >= 0.3 is 35.5 Å². The van der Waals surface area contributed by atoms with Crippen LogP contribution in [0, 0.1) is 0 Å². The van der Waals surface area contributed by atoms with Crippen LogP contribution in [-0.2, 0) is 4.79 Å². The Labute approximate surface area is 105 Å². The molecule has 0 saturated heterocycles. The van der Waals surface area contributed by atoms with Gasteiger partial charge in [0, 0.05) is 0 Å². The minimum absolute atomic E-state index is 0. The summed E-state index contributed by atoms with van der Waals surface area (Å²) in [5.41, 5.74) is 0.341. The van der Waals surface area contributed by atoms with Gasteiger partial charge in [-0.1, -0.05) is 12.1 Å². The number of hydrogen-bond acceptors (Lipinski definition) is 3. The van der Waals surface area contributed by atoms with Gasteiger partial charge in [-0.2, -0.15) is 0 Å². The van der Waals surface area contributed by atoms with Crippen molar-refractivity contribution in [2.75, 3.05) is 7.11 Å². The van der Waals surface area contributed by atoms with Crippen LogP contribution in [0.2, 0.25) is 0 Å². The van der Waals surface area contributed by atoms with Crippen molar-refractivity contribution in [2.24, 2.45) is 0 Å². The van der Waals surface area contributed by atoms with Crippen molar-refractivity contribution in [3.05, 3.63) is 29.8 Å². The van der Waals surface area contributed by atoms with Gasteiger partial charge in [-0.3, -0.25) is 0 Å². The number of ether oxygens (including phenoxy) is 1. The quantitative estimate of drug-likeness (QED) is 0.557. The van der Waals surface area contributed by atoms with E-state index in [0.717, 1.165) is 0 Å². The third-order valence-corrected chi connectivity index (χ3v) is 1.67. The summed E-state index contributed by atoms with van der Waals surface area (Å²) >= 11 is 0. The normalized spacial score (nSPS) is 11.3. The van der Waals surface area contributed by atoms with Gasteiger partial charge in [0.05, 0.1) is 7.11 Å². The minimum atomic E-state index is -1.47. The average Bonchev–Trinajstić information content (AvgIpc) is 2.17. The van der Waals surface area contributed by atoms with Crippen molar-refractivity contribution < 1.29 is 50.7 Å². The van der Waals surface area contributed by atoms with E-state index >= 15 is 0 Å². The van der Waals surface area contributed by atoms with Crippen LogP contribution in [0.25, 0.3) is 0 Å². The molecule has 0 aromatic heterocycles. The molecule has 72 valence electrons. The molecule has 0 aliphatic rings. The van der Waals surface area contributed by atoms with Gasteiger partial charge in [-0.05, 0) is 17.7 Å². The summed E-state index contributed by atoms with van der Waals surface area (Å²) in [6, 6.07) is 6.22. The van der Waals surface area contributed by atoms with E-state index in [1.54, 1.807) is 12.1 Å². The molecule has 0 unspecified atom stereocenters. The van der Waals surface area contributed by atoms with Gasteiger partial charge in [0.1, 0.15) is 5.75 Å². The zero-order valence-electron chi connectivity index (χ0n) is 9.10. The first-order chi connectivity index (χ1) is 6.15. The van der Waals surface area contributed by atoms with E-state index in [2.05, 4.69) is 0 Å². The fourth-order valence-corrected chi connectivity index (χ4v) is 0.929. The summed E-state index contributed by atoms with van der Waals surface area (Å²) in [5.74, 6) is -0.633. The van der Waals surface area contributed by atoms with Gasteiger partial charge in [-0.15, -0.1) is 0 Å². The van der Waals surface area contributed by atoms with E-state index in [9.17, 15) is 4.79 Å². The first-order valence-electron chi connectivity index (χ1n) is 3.70. The van der Waals surface area contributed by atoms with Crippen molar-refractivity contribution in [2.45, 2.75) is 6.10 Å².